The zero-order valence-corrected chi connectivity index (χ0v) is 9.40. The van der Waals surface area contributed by atoms with Crippen LogP contribution in [0.3, 0.4) is 0 Å². The fraction of sp³-hybridized carbons (Fsp3) is 0.900. The van der Waals surface area contributed by atoms with Gasteiger partial charge in [0.2, 0.25) is 5.91 Å². The first-order valence-corrected chi connectivity index (χ1v) is 4.81. The fourth-order valence-electron chi connectivity index (χ4n) is 0.871. The Morgan fingerprint density at radius 2 is 1.85 bits per heavy atom. The lowest BCUT2D eigenvalue weighted by Gasteiger charge is -2.23. The minimum Gasteiger partial charge on any atom is -0.356 e. The molecule has 78 valence electrons. The maximum atomic E-state index is 10.6. The van der Waals surface area contributed by atoms with Crippen molar-refractivity contribution >= 4 is 5.91 Å². The van der Waals surface area contributed by atoms with Gasteiger partial charge < -0.3 is 10.6 Å². The van der Waals surface area contributed by atoms with Crippen molar-refractivity contribution in [3.8, 4) is 0 Å². The minimum atomic E-state index is 0.0441. The van der Waals surface area contributed by atoms with E-state index in [1.807, 2.05) is 0 Å². The van der Waals surface area contributed by atoms with E-state index in [0.717, 1.165) is 13.1 Å². The largest absolute Gasteiger partial charge is 0.356 e. The molecule has 0 aliphatic rings. The fourth-order valence-corrected chi connectivity index (χ4v) is 0.871. The van der Waals surface area contributed by atoms with Crippen LogP contribution in [0, 0.1) is 5.92 Å². The summed E-state index contributed by atoms with van der Waals surface area (Å²) >= 11 is 0. The Bertz CT molecular complexity index is 161. The highest BCUT2D eigenvalue weighted by molar-refractivity contribution is 5.72. The summed E-state index contributed by atoms with van der Waals surface area (Å²) in [4.78, 5) is 10.6. The van der Waals surface area contributed by atoms with Crippen molar-refractivity contribution < 1.29 is 4.79 Å². The lowest BCUT2D eigenvalue weighted by molar-refractivity contribution is -0.119. The van der Waals surface area contributed by atoms with E-state index in [0.29, 0.717) is 5.92 Å². The molecule has 0 radical (unpaired) electrons. The molecule has 0 bridgehead atoms. The standard InChI is InChI=1S/C10H22N2O/c1-8(6-11-9(2)13)7-12-10(3,4)5/h8,12H,6-7H2,1-5H3,(H,11,13)/t8-/m0/s1. The molecule has 0 aromatic carbocycles. The van der Waals surface area contributed by atoms with Crippen molar-refractivity contribution in [2.45, 2.75) is 40.2 Å². The number of hydrogen-bond donors (Lipinski definition) is 2. The van der Waals surface area contributed by atoms with E-state index in [1.165, 1.54) is 0 Å². The van der Waals surface area contributed by atoms with E-state index in [1.54, 1.807) is 6.92 Å². The van der Waals surface area contributed by atoms with Gasteiger partial charge in [0.25, 0.3) is 0 Å². The second kappa shape index (κ2) is 5.22. The van der Waals surface area contributed by atoms with Gasteiger partial charge in [-0.1, -0.05) is 6.92 Å². The van der Waals surface area contributed by atoms with Crippen LogP contribution in [0.5, 0.6) is 0 Å². The van der Waals surface area contributed by atoms with Crippen LogP contribution in [-0.4, -0.2) is 24.5 Å². The maximum Gasteiger partial charge on any atom is 0.216 e. The number of amides is 1. The third kappa shape index (κ3) is 9.34. The Kier molecular flexibility index (Phi) is 4.99. The molecule has 0 aliphatic heterocycles. The van der Waals surface area contributed by atoms with Gasteiger partial charge in [0.1, 0.15) is 0 Å². The molecule has 0 fully saturated rings. The molecule has 0 saturated heterocycles. The molecule has 0 heterocycles. The van der Waals surface area contributed by atoms with E-state index in [4.69, 9.17) is 0 Å². The normalized spacial score (nSPS) is 13.9. The highest BCUT2D eigenvalue weighted by atomic mass is 16.1. The van der Waals surface area contributed by atoms with Gasteiger partial charge >= 0.3 is 0 Å². The van der Waals surface area contributed by atoms with Crippen LogP contribution < -0.4 is 10.6 Å². The topological polar surface area (TPSA) is 41.1 Å². The van der Waals surface area contributed by atoms with Crippen LogP contribution in [0.2, 0.25) is 0 Å². The Morgan fingerprint density at radius 1 is 1.31 bits per heavy atom. The quantitative estimate of drug-likeness (QED) is 0.691. The van der Waals surface area contributed by atoms with Gasteiger partial charge in [-0.05, 0) is 33.2 Å². The number of carbonyl (C=O) groups excluding carboxylic acids is 1. The summed E-state index contributed by atoms with van der Waals surface area (Å²) in [5.74, 6) is 0.519. The monoisotopic (exact) mass is 186 g/mol. The van der Waals surface area contributed by atoms with Crippen molar-refractivity contribution in [3.63, 3.8) is 0 Å². The molecule has 0 aliphatic carbocycles. The highest BCUT2D eigenvalue weighted by Gasteiger charge is 2.10. The van der Waals surface area contributed by atoms with E-state index < -0.39 is 0 Å². The molecule has 1 amide bonds. The Labute approximate surface area is 81.3 Å². The summed E-state index contributed by atoms with van der Waals surface area (Å²) in [7, 11) is 0. The summed E-state index contributed by atoms with van der Waals surface area (Å²) in [5, 5.41) is 6.20. The molecule has 0 spiro atoms. The Balaban J connectivity index is 3.52. The van der Waals surface area contributed by atoms with E-state index >= 15 is 0 Å². The lowest BCUT2D eigenvalue weighted by atomic mass is 10.1. The smallest absolute Gasteiger partial charge is 0.216 e. The first-order chi connectivity index (χ1) is 5.81. The van der Waals surface area contributed by atoms with Gasteiger partial charge in [-0.3, -0.25) is 4.79 Å². The number of carbonyl (C=O) groups is 1. The van der Waals surface area contributed by atoms with Crippen LogP contribution in [0.4, 0.5) is 0 Å². The minimum absolute atomic E-state index is 0.0441. The molecule has 0 unspecified atom stereocenters. The molecule has 3 nitrogen and oxygen atoms in total. The second-order valence-corrected chi connectivity index (χ2v) is 4.67. The summed E-state index contributed by atoms with van der Waals surface area (Å²) in [6, 6.07) is 0. The zero-order valence-electron chi connectivity index (χ0n) is 9.40. The van der Waals surface area contributed by atoms with Gasteiger partial charge in [0.05, 0.1) is 0 Å². The van der Waals surface area contributed by atoms with Crippen LogP contribution in [0.25, 0.3) is 0 Å². The van der Waals surface area contributed by atoms with Gasteiger partial charge in [-0.25, -0.2) is 0 Å². The average Bonchev–Trinajstić information content (AvgIpc) is 1.95. The molecule has 0 aromatic rings. The van der Waals surface area contributed by atoms with Gasteiger partial charge in [-0.2, -0.15) is 0 Å². The predicted molar refractivity (Wildman–Crippen MR) is 55.6 cm³/mol. The predicted octanol–water partition coefficient (Wildman–Crippen LogP) is 1.15. The lowest BCUT2D eigenvalue weighted by Crippen LogP contribution is -2.41. The maximum absolute atomic E-state index is 10.6. The Hall–Kier alpha value is -0.570. The molecule has 2 N–H and O–H groups in total. The third-order valence-corrected chi connectivity index (χ3v) is 1.68. The summed E-state index contributed by atoms with van der Waals surface area (Å²) in [5.41, 5.74) is 0.157. The van der Waals surface area contributed by atoms with Gasteiger partial charge in [-0.15, -0.1) is 0 Å². The van der Waals surface area contributed by atoms with Crippen molar-refractivity contribution in [3.05, 3.63) is 0 Å². The molecule has 13 heavy (non-hydrogen) atoms. The van der Waals surface area contributed by atoms with Crippen LogP contribution in [-0.2, 0) is 4.79 Å². The van der Waals surface area contributed by atoms with Crippen LogP contribution >= 0.6 is 0 Å². The van der Waals surface area contributed by atoms with Crippen LogP contribution in [0.1, 0.15) is 34.6 Å². The van der Waals surface area contributed by atoms with Crippen molar-refractivity contribution in [2.75, 3.05) is 13.1 Å². The first kappa shape index (κ1) is 12.4. The van der Waals surface area contributed by atoms with Gasteiger partial charge in [0, 0.05) is 19.0 Å². The molecule has 0 rings (SSSR count). The van der Waals surface area contributed by atoms with E-state index in [9.17, 15) is 4.79 Å². The van der Waals surface area contributed by atoms with Crippen LogP contribution in [0.15, 0.2) is 0 Å². The van der Waals surface area contributed by atoms with Gasteiger partial charge in [0.15, 0.2) is 0 Å². The summed E-state index contributed by atoms with van der Waals surface area (Å²) in [6.07, 6.45) is 0. The average molecular weight is 186 g/mol. The second-order valence-electron chi connectivity index (χ2n) is 4.67. The van der Waals surface area contributed by atoms with Crippen molar-refractivity contribution in [2.24, 2.45) is 5.92 Å². The SMILES string of the molecule is CC(=O)NC[C@H](C)CNC(C)(C)C. The molecular formula is C10H22N2O. The Morgan fingerprint density at radius 3 is 2.23 bits per heavy atom. The van der Waals surface area contributed by atoms with E-state index in [2.05, 4.69) is 38.3 Å². The van der Waals surface area contributed by atoms with E-state index in [-0.39, 0.29) is 11.4 Å². The molecule has 1 atom stereocenters. The van der Waals surface area contributed by atoms with Crippen molar-refractivity contribution in [1.82, 2.24) is 10.6 Å². The number of hydrogen-bond acceptors (Lipinski definition) is 2. The number of rotatable bonds is 4. The van der Waals surface area contributed by atoms with Crippen molar-refractivity contribution in [1.29, 1.82) is 0 Å². The molecule has 0 saturated carbocycles. The molecular weight excluding hydrogens is 164 g/mol. The zero-order chi connectivity index (χ0) is 10.5. The highest BCUT2D eigenvalue weighted by Crippen LogP contribution is 2.00. The molecule has 3 heteroatoms. The summed E-state index contributed by atoms with van der Waals surface area (Å²) < 4.78 is 0. The summed E-state index contributed by atoms with van der Waals surface area (Å²) in [6.45, 7) is 11.8. The molecule has 0 aromatic heterocycles. The first-order valence-electron chi connectivity index (χ1n) is 4.81. The number of nitrogens with one attached hydrogen (secondary N) is 2. The third-order valence-electron chi connectivity index (χ3n) is 1.68.